The van der Waals surface area contributed by atoms with E-state index in [2.05, 4.69) is 11.8 Å². The number of rotatable bonds is 5. The molecule has 2 aromatic carbocycles. The Bertz CT molecular complexity index is 1230. The summed E-state index contributed by atoms with van der Waals surface area (Å²) in [5.74, 6) is 5.26. The van der Waals surface area contributed by atoms with E-state index in [9.17, 15) is 18.3 Å². The zero-order valence-corrected chi connectivity index (χ0v) is 21.5. The van der Waals surface area contributed by atoms with Crippen LogP contribution in [0.25, 0.3) is 0 Å². The molecule has 1 heterocycles. The lowest BCUT2D eigenvalue weighted by Gasteiger charge is -2.28. The fraction of sp³-hybridized carbons (Fsp3) is 0.423. The lowest BCUT2D eigenvalue weighted by Crippen LogP contribution is -2.39. The number of sulfonamides is 1. The van der Waals surface area contributed by atoms with Crippen molar-refractivity contribution in [3.8, 4) is 17.6 Å². The van der Waals surface area contributed by atoms with E-state index < -0.39 is 27.5 Å². The summed E-state index contributed by atoms with van der Waals surface area (Å²) in [6, 6.07) is 9.76. The summed E-state index contributed by atoms with van der Waals surface area (Å²) in [7, 11) is -3.59. The molecule has 1 saturated heterocycles. The van der Waals surface area contributed by atoms with Crippen LogP contribution in [0.2, 0.25) is 5.02 Å². The number of ether oxygens (including phenoxy) is 1. The molecule has 6 nitrogen and oxygen atoms in total. The maximum absolute atomic E-state index is 13.1. The Labute approximate surface area is 206 Å². The number of hydrogen-bond acceptors (Lipinski definition) is 4. The number of piperidine rings is 1. The fourth-order valence-electron chi connectivity index (χ4n) is 3.71. The lowest BCUT2D eigenvalue weighted by atomic mass is 9.89. The number of aliphatic carboxylic acids is 1. The molecule has 0 aromatic heterocycles. The number of benzene rings is 2. The standard InChI is InChI=1S/C26H30ClNO5S/c1-18-8-12-22(34(31,32)28-14-6-5-7-15-28)17-19(18)9-10-20-16-21(27)11-13-23(20)33-24(25(29)30)26(2,3)4/h8,11-13,16-17,24H,5-7,14-15H2,1-4H3,(H,29,30). The molecule has 1 atom stereocenters. The Morgan fingerprint density at radius 3 is 2.32 bits per heavy atom. The molecule has 182 valence electrons. The zero-order chi connectivity index (χ0) is 25.1. The van der Waals surface area contributed by atoms with Crippen LogP contribution in [-0.2, 0) is 14.8 Å². The van der Waals surface area contributed by atoms with Crippen LogP contribution in [0.3, 0.4) is 0 Å². The number of hydrogen-bond donors (Lipinski definition) is 1. The lowest BCUT2D eigenvalue weighted by molar-refractivity contribution is -0.150. The van der Waals surface area contributed by atoms with Crippen LogP contribution in [-0.4, -0.2) is 43.0 Å². The van der Waals surface area contributed by atoms with Crippen molar-refractivity contribution in [1.29, 1.82) is 0 Å². The van der Waals surface area contributed by atoms with Gasteiger partial charge >= 0.3 is 5.97 Å². The molecule has 2 aromatic rings. The van der Waals surface area contributed by atoms with Crippen LogP contribution in [0.15, 0.2) is 41.3 Å². The highest BCUT2D eigenvalue weighted by Gasteiger charge is 2.34. The molecular weight excluding hydrogens is 474 g/mol. The molecule has 0 saturated carbocycles. The van der Waals surface area contributed by atoms with Crippen molar-refractivity contribution in [2.75, 3.05) is 13.1 Å². The topological polar surface area (TPSA) is 83.9 Å². The molecule has 34 heavy (non-hydrogen) atoms. The Kier molecular flexibility index (Phi) is 7.97. The van der Waals surface area contributed by atoms with Crippen molar-refractivity contribution in [1.82, 2.24) is 4.31 Å². The minimum absolute atomic E-state index is 0.213. The summed E-state index contributed by atoms with van der Waals surface area (Å²) >= 11 is 6.17. The van der Waals surface area contributed by atoms with Crippen molar-refractivity contribution in [2.24, 2.45) is 5.41 Å². The Morgan fingerprint density at radius 2 is 1.71 bits per heavy atom. The third-order valence-corrected chi connectivity index (χ3v) is 7.82. The summed E-state index contributed by atoms with van der Waals surface area (Å²) in [6.45, 7) is 8.26. The number of carboxylic acid groups (broad SMARTS) is 1. The second-order valence-electron chi connectivity index (χ2n) is 9.53. The molecule has 3 rings (SSSR count). The summed E-state index contributed by atoms with van der Waals surface area (Å²) in [5, 5.41) is 10.1. The molecule has 0 radical (unpaired) electrons. The van der Waals surface area contributed by atoms with Gasteiger partial charge in [0.25, 0.3) is 0 Å². The molecule has 0 spiro atoms. The molecular formula is C26H30ClNO5S. The molecule has 1 aliphatic rings. The minimum atomic E-state index is -3.59. The molecule has 1 N–H and O–H groups in total. The number of carbonyl (C=O) groups is 1. The van der Waals surface area contributed by atoms with E-state index in [1.807, 2.05) is 6.92 Å². The normalized spacial score (nSPS) is 15.8. The zero-order valence-electron chi connectivity index (χ0n) is 19.9. The van der Waals surface area contributed by atoms with Gasteiger partial charge in [0.2, 0.25) is 10.0 Å². The van der Waals surface area contributed by atoms with Gasteiger partial charge in [-0.25, -0.2) is 13.2 Å². The van der Waals surface area contributed by atoms with Gasteiger partial charge in [0.1, 0.15) is 5.75 Å². The first kappa shape index (κ1) is 26.1. The minimum Gasteiger partial charge on any atom is -0.478 e. The Hall–Kier alpha value is -2.53. The molecule has 8 heteroatoms. The van der Waals surface area contributed by atoms with Gasteiger partial charge in [-0.3, -0.25) is 0 Å². The van der Waals surface area contributed by atoms with Crippen molar-refractivity contribution in [3.63, 3.8) is 0 Å². The Balaban J connectivity index is 1.98. The summed E-state index contributed by atoms with van der Waals surface area (Å²) in [5.41, 5.74) is 1.16. The summed E-state index contributed by atoms with van der Waals surface area (Å²) in [4.78, 5) is 12.0. The van der Waals surface area contributed by atoms with Gasteiger partial charge in [-0.1, -0.05) is 56.7 Å². The van der Waals surface area contributed by atoms with Crippen LogP contribution in [0.5, 0.6) is 5.75 Å². The highest BCUT2D eigenvalue weighted by Crippen LogP contribution is 2.29. The third-order valence-electron chi connectivity index (χ3n) is 5.69. The second-order valence-corrected chi connectivity index (χ2v) is 11.9. The van der Waals surface area contributed by atoms with E-state index in [0.29, 0.717) is 35.0 Å². The van der Waals surface area contributed by atoms with Crippen LogP contribution < -0.4 is 4.74 Å². The maximum atomic E-state index is 13.1. The number of aryl methyl sites for hydroxylation is 1. The van der Waals surface area contributed by atoms with Gasteiger partial charge in [-0.05, 0) is 55.7 Å². The second kappa shape index (κ2) is 10.4. The first-order valence-electron chi connectivity index (χ1n) is 11.2. The maximum Gasteiger partial charge on any atom is 0.345 e. The highest BCUT2D eigenvalue weighted by molar-refractivity contribution is 7.89. The molecule has 0 aliphatic carbocycles. The summed E-state index contributed by atoms with van der Waals surface area (Å²) in [6.07, 6.45) is 1.68. The van der Waals surface area contributed by atoms with E-state index in [0.717, 1.165) is 24.8 Å². The first-order chi connectivity index (χ1) is 15.9. The third kappa shape index (κ3) is 6.12. The van der Waals surface area contributed by atoms with E-state index in [-0.39, 0.29) is 4.90 Å². The predicted molar refractivity (Wildman–Crippen MR) is 133 cm³/mol. The first-order valence-corrected chi connectivity index (χ1v) is 13.0. The van der Waals surface area contributed by atoms with Crippen molar-refractivity contribution in [3.05, 3.63) is 58.1 Å². The van der Waals surface area contributed by atoms with Gasteiger partial charge in [0.05, 0.1) is 10.5 Å². The van der Waals surface area contributed by atoms with Gasteiger partial charge < -0.3 is 9.84 Å². The van der Waals surface area contributed by atoms with Crippen molar-refractivity contribution < 1.29 is 23.1 Å². The van der Waals surface area contributed by atoms with Gasteiger partial charge in [0.15, 0.2) is 6.10 Å². The van der Waals surface area contributed by atoms with Crippen LogP contribution in [0, 0.1) is 24.2 Å². The molecule has 1 fully saturated rings. The van der Waals surface area contributed by atoms with Crippen LogP contribution in [0.1, 0.15) is 56.7 Å². The van der Waals surface area contributed by atoms with Gasteiger partial charge in [0, 0.05) is 29.1 Å². The van der Waals surface area contributed by atoms with Crippen LogP contribution in [0.4, 0.5) is 0 Å². The number of carboxylic acids is 1. The number of halogens is 1. The van der Waals surface area contributed by atoms with Crippen molar-refractivity contribution >= 4 is 27.6 Å². The van der Waals surface area contributed by atoms with Crippen LogP contribution >= 0.6 is 11.6 Å². The Morgan fingerprint density at radius 1 is 1.06 bits per heavy atom. The SMILES string of the molecule is Cc1ccc(S(=O)(=O)N2CCCCC2)cc1C#Cc1cc(Cl)ccc1OC(C(=O)O)C(C)(C)C. The van der Waals surface area contributed by atoms with E-state index in [4.69, 9.17) is 16.3 Å². The van der Waals surface area contributed by atoms with E-state index >= 15 is 0 Å². The van der Waals surface area contributed by atoms with Crippen molar-refractivity contribution in [2.45, 2.75) is 58.0 Å². The average Bonchev–Trinajstić information content (AvgIpc) is 2.77. The molecule has 1 aliphatic heterocycles. The average molecular weight is 504 g/mol. The monoisotopic (exact) mass is 503 g/mol. The fourth-order valence-corrected chi connectivity index (χ4v) is 5.43. The highest BCUT2D eigenvalue weighted by atomic mass is 35.5. The molecule has 0 bridgehead atoms. The molecule has 1 unspecified atom stereocenters. The predicted octanol–water partition coefficient (Wildman–Crippen LogP) is 5.10. The largest absolute Gasteiger partial charge is 0.478 e. The smallest absolute Gasteiger partial charge is 0.345 e. The van der Waals surface area contributed by atoms with E-state index in [1.165, 1.54) is 4.31 Å². The van der Waals surface area contributed by atoms with Gasteiger partial charge in [-0.15, -0.1) is 0 Å². The quantitative estimate of drug-likeness (QED) is 0.574. The van der Waals surface area contributed by atoms with Gasteiger partial charge in [-0.2, -0.15) is 4.31 Å². The summed E-state index contributed by atoms with van der Waals surface area (Å²) < 4.78 is 33.5. The van der Waals surface area contributed by atoms with E-state index in [1.54, 1.807) is 57.2 Å². The molecule has 0 amide bonds. The number of nitrogens with zero attached hydrogens (tertiary/aromatic N) is 1.